The molecule has 2 nitrogen and oxygen atoms in total. The first-order chi connectivity index (χ1) is 6.08. The standard InChI is InChI=1S/C11H18O2/c1-8(2)6-11(12)13-10-5-4-9(3)7-10/h8,10H,3-7H2,1-2H3/t10-/m0/s1. The highest BCUT2D eigenvalue weighted by molar-refractivity contribution is 5.69. The summed E-state index contributed by atoms with van der Waals surface area (Å²) in [6.45, 7) is 7.93. The number of carbonyl (C=O) groups is 1. The summed E-state index contributed by atoms with van der Waals surface area (Å²) in [5.74, 6) is 0.326. The normalized spacial score (nSPS) is 22.4. The summed E-state index contributed by atoms with van der Waals surface area (Å²) in [7, 11) is 0. The molecule has 0 saturated heterocycles. The summed E-state index contributed by atoms with van der Waals surface area (Å²) in [5.41, 5.74) is 1.21. The summed E-state index contributed by atoms with van der Waals surface area (Å²) in [6.07, 6.45) is 3.48. The van der Waals surface area contributed by atoms with Gasteiger partial charge < -0.3 is 4.74 Å². The lowest BCUT2D eigenvalue weighted by Crippen LogP contribution is -2.16. The first-order valence-electron chi connectivity index (χ1n) is 4.94. The van der Waals surface area contributed by atoms with Gasteiger partial charge in [0.25, 0.3) is 0 Å². The Hall–Kier alpha value is -0.790. The Balaban J connectivity index is 2.24. The molecule has 0 radical (unpaired) electrons. The highest BCUT2D eigenvalue weighted by Crippen LogP contribution is 2.25. The molecule has 2 heteroatoms. The van der Waals surface area contributed by atoms with Gasteiger partial charge in [0.05, 0.1) is 0 Å². The van der Waals surface area contributed by atoms with Crippen LogP contribution in [0.3, 0.4) is 0 Å². The van der Waals surface area contributed by atoms with E-state index >= 15 is 0 Å². The van der Waals surface area contributed by atoms with Crippen LogP contribution in [0.2, 0.25) is 0 Å². The number of rotatable bonds is 3. The van der Waals surface area contributed by atoms with Gasteiger partial charge in [-0.15, -0.1) is 0 Å². The zero-order chi connectivity index (χ0) is 9.84. The molecular weight excluding hydrogens is 164 g/mol. The number of hydrogen-bond acceptors (Lipinski definition) is 2. The van der Waals surface area contributed by atoms with Crippen LogP contribution in [-0.4, -0.2) is 12.1 Å². The van der Waals surface area contributed by atoms with Gasteiger partial charge in [0.1, 0.15) is 6.10 Å². The average molecular weight is 182 g/mol. The summed E-state index contributed by atoms with van der Waals surface area (Å²) in [4.78, 5) is 11.3. The maximum absolute atomic E-state index is 11.3. The Morgan fingerprint density at radius 3 is 2.85 bits per heavy atom. The molecule has 1 aliphatic rings. The van der Waals surface area contributed by atoms with E-state index in [0.717, 1.165) is 19.3 Å². The second kappa shape index (κ2) is 4.45. The fourth-order valence-corrected chi connectivity index (χ4v) is 1.56. The minimum absolute atomic E-state index is 0.0605. The summed E-state index contributed by atoms with van der Waals surface area (Å²) in [5, 5.41) is 0. The largest absolute Gasteiger partial charge is 0.462 e. The minimum Gasteiger partial charge on any atom is -0.462 e. The van der Waals surface area contributed by atoms with E-state index in [2.05, 4.69) is 6.58 Å². The van der Waals surface area contributed by atoms with Crippen molar-refractivity contribution >= 4 is 5.97 Å². The molecule has 0 N–H and O–H groups in total. The van der Waals surface area contributed by atoms with E-state index in [-0.39, 0.29) is 12.1 Å². The monoisotopic (exact) mass is 182 g/mol. The Morgan fingerprint density at radius 1 is 1.69 bits per heavy atom. The highest BCUT2D eigenvalue weighted by Gasteiger charge is 2.21. The molecule has 0 bridgehead atoms. The van der Waals surface area contributed by atoms with Gasteiger partial charge in [-0.3, -0.25) is 4.79 Å². The molecule has 0 unspecified atom stereocenters. The van der Waals surface area contributed by atoms with Gasteiger partial charge in [-0.25, -0.2) is 0 Å². The maximum atomic E-state index is 11.3. The molecule has 1 rings (SSSR count). The molecule has 0 aromatic carbocycles. The van der Waals surface area contributed by atoms with Crippen molar-refractivity contribution in [2.24, 2.45) is 5.92 Å². The van der Waals surface area contributed by atoms with Crippen LogP contribution in [0.5, 0.6) is 0 Å². The fraction of sp³-hybridized carbons (Fsp3) is 0.727. The van der Waals surface area contributed by atoms with Crippen molar-refractivity contribution < 1.29 is 9.53 Å². The first kappa shape index (κ1) is 10.3. The van der Waals surface area contributed by atoms with E-state index in [1.807, 2.05) is 13.8 Å². The topological polar surface area (TPSA) is 26.3 Å². The average Bonchev–Trinajstić information content (AvgIpc) is 2.33. The molecule has 0 aliphatic heterocycles. The predicted octanol–water partition coefficient (Wildman–Crippen LogP) is 2.68. The zero-order valence-corrected chi connectivity index (χ0v) is 8.51. The third-order valence-electron chi connectivity index (χ3n) is 2.21. The van der Waals surface area contributed by atoms with Crippen molar-refractivity contribution in [3.05, 3.63) is 12.2 Å². The molecule has 1 saturated carbocycles. The first-order valence-corrected chi connectivity index (χ1v) is 4.94. The summed E-state index contributed by atoms with van der Waals surface area (Å²) in [6, 6.07) is 0. The molecule has 0 aromatic heterocycles. The Kier molecular flexibility index (Phi) is 3.52. The highest BCUT2D eigenvalue weighted by atomic mass is 16.5. The van der Waals surface area contributed by atoms with Crippen LogP contribution in [0.4, 0.5) is 0 Å². The molecular formula is C11H18O2. The summed E-state index contributed by atoms with van der Waals surface area (Å²) < 4.78 is 5.29. The third kappa shape index (κ3) is 3.62. The van der Waals surface area contributed by atoms with E-state index in [0.29, 0.717) is 12.3 Å². The van der Waals surface area contributed by atoms with E-state index < -0.39 is 0 Å². The van der Waals surface area contributed by atoms with Gasteiger partial charge in [0.2, 0.25) is 0 Å². The summed E-state index contributed by atoms with van der Waals surface area (Å²) >= 11 is 0. The molecule has 0 heterocycles. The van der Waals surface area contributed by atoms with Crippen LogP contribution >= 0.6 is 0 Å². The molecule has 0 spiro atoms. The molecule has 1 aliphatic carbocycles. The second-order valence-electron chi connectivity index (χ2n) is 4.20. The Morgan fingerprint density at radius 2 is 2.38 bits per heavy atom. The molecule has 0 aromatic rings. The van der Waals surface area contributed by atoms with E-state index in [9.17, 15) is 4.79 Å². The van der Waals surface area contributed by atoms with Crippen LogP contribution < -0.4 is 0 Å². The fourth-order valence-electron chi connectivity index (χ4n) is 1.56. The van der Waals surface area contributed by atoms with E-state index in [1.165, 1.54) is 5.57 Å². The zero-order valence-electron chi connectivity index (χ0n) is 8.51. The third-order valence-corrected chi connectivity index (χ3v) is 2.21. The van der Waals surface area contributed by atoms with Crippen molar-refractivity contribution in [2.45, 2.75) is 45.6 Å². The lowest BCUT2D eigenvalue weighted by Gasteiger charge is -2.11. The second-order valence-corrected chi connectivity index (χ2v) is 4.20. The van der Waals surface area contributed by atoms with Gasteiger partial charge in [0, 0.05) is 12.8 Å². The van der Waals surface area contributed by atoms with Crippen LogP contribution in [0, 0.1) is 5.92 Å². The molecule has 0 amide bonds. The SMILES string of the molecule is C=C1CC[C@H](OC(=O)CC(C)C)C1. The van der Waals surface area contributed by atoms with Crippen molar-refractivity contribution in [3.8, 4) is 0 Å². The lowest BCUT2D eigenvalue weighted by atomic mass is 10.1. The number of hydrogen-bond donors (Lipinski definition) is 0. The Labute approximate surface area is 80.0 Å². The van der Waals surface area contributed by atoms with Crippen LogP contribution in [0.15, 0.2) is 12.2 Å². The predicted molar refractivity (Wildman–Crippen MR) is 52.3 cm³/mol. The van der Waals surface area contributed by atoms with Crippen molar-refractivity contribution in [1.29, 1.82) is 0 Å². The Bertz CT molecular complexity index is 206. The van der Waals surface area contributed by atoms with Gasteiger partial charge in [-0.2, -0.15) is 0 Å². The van der Waals surface area contributed by atoms with Crippen molar-refractivity contribution in [1.82, 2.24) is 0 Å². The molecule has 1 atom stereocenters. The van der Waals surface area contributed by atoms with Crippen LogP contribution in [0.1, 0.15) is 39.5 Å². The van der Waals surface area contributed by atoms with Gasteiger partial charge in [0.15, 0.2) is 0 Å². The van der Waals surface area contributed by atoms with E-state index in [1.54, 1.807) is 0 Å². The number of esters is 1. The molecule has 74 valence electrons. The van der Waals surface area contributed by atoms with Crippen LogP contribution in [-0.2, 0) is 9.53 Å². The van der Waals surface area contributed by atoms with Crippen LogP contribution in [0.25, 0.3) is 0 Å². The molecule has 13 heavy (non-hydrogen) atoms. The van der Waals surface area contributed by atoms with Gasteiger partial charge in [-0.1, -0.05) is 26.0 Å². The van der Waals surface area contributed by atoms with Crippen molar-refractivity contribution in [2.75, 3.05) is 0 Å². The lowest BCUT2D eigenvalue weighted by molar-refractivity contribution is -0.149. The molecule has 1 fully saturated rings. The van der Waals surface area contributed by atoms with Crippen molar-refractivity contribution in [3.63, 3.8) is 0 Å². The number of ether oxygens (including phenoxy) is 1. The van der Waals surface area contributed by atoms with E-state index in [4.69, 9.17) is 4.74 Å². The van der Waals surface area contributed by atoms with Gasteiger partial charge >= 0.3 is 5.97 Å². The smallest absolute Gasteiger partial charge is 0.306 e. The minimum atomic E-state index is -0.0605. The quantitative estimate of drug-likeness (QED) is 0.495. The van der Waals surface area contributed by atoms with Gasteiger partial charge in [-0.05, 0) is 18.8 Å². The maximum Gasteiger partial charge on any atom is 0.306 e. The number of carbonyl (C=O) groups excluding carboxylic acids is 1.